The standard InChI is InChI=1S/C31H25FN6O2S/c1-40-25-13-5-21(6-14-25)18-38-36-30(35-37-38)23-9-11-24(12-10-23)33-31(39)26-17-20(7-15-27(26)32)8-16-29-34-28(19-41-29)22-3-2-4-22/h5-7,9-15,17,19,22H,2-4,18H2,1H3,(H,33,39). The Bertz CT molecular complexity index is 1750. The number of benzene rings is 3. The molecule has 1 aliphatic rings. The summed E-state index contributed by atoms with van der Waals surface area (Å²) in [6.07, 6.45) is 3.61. The van der Waals surface area contributed by atoms with Crippen LogP contribution in [-0.4, -0.2) is 38.2 Å². The number of carbonyl (C=O) groups is 1. The number of tetrazole rings is 1. The molecule has 1 aliphatic carbocycles. The number of anilines is 1. The maximum atomic E-state index is 14.6. The lowest BCUT2D eigenvalue weighted by Gasteiger charge is -2.22. The van der Waals surface area contributed by atoms with E-state index in [0.29, 0.717) is 29.5 Å². The highest BCUT2D eigenvalue weighted by Gasteiger charge is 2.21. The van der Waals surface area contributed by atoms with Gasteiger partial charge in [0.25, 0.3) is 5.91 Å². The van der Waals surface area contributed by atoms with Crippen LogP contribution >= 0.6 is 11.3 Å². The molecule has 0 bridgehead atoms. The first-order valence-electron chi connectivity index (χ1n) is 13.1. The molecule has 204 valence electrons. The molecule has 0 atom stereocenters. The lowest BCUT2D eigenvalue weighted by molar-refractivity contribution is 0.102. The van der Waals surface area contributed by atoms with Crippen molar-refractivity contribution in [2.24, 2.45) is 0 Å². The molecule has 2 heterocycles. The van der Waals surface area contributed by atoms with E-state index in [0.717, 1.165) is 27.6 Å². The number of hydrogen-bond acceptors (Lipinski definition) is 7. The zero-order valence-electron chi connectivity index (χ0n) is 22.2. The molecular formula is C31H25FN6O2S. The Kier molecular flexibility index (Phi) is 7.52. The van der Waals surface area contributed by atoms with E-state index in [1.54, 1.807) is 37.4 Å². The topological polar surface area (TPSA) is 94.8 Å². The summed E-state index contributed by atoms with van der Waals surface area (Å²) in [5, 5.41) is 18.2. The summed E-state index contributed by atoms with van der Waals surface area (Å²) in [5.74, 6) is 6.64. The lowest BCUT2D eigenvalue weighted by Crippen LogP contribution is -2.14. The summed E-state index contributed by atoms with van der Waals surface area (Å²) < 4.78 is 19.7. The molecule has 1 fully saturated rings. The number of hydrogen-bond donors (Lipinski definition) is 1. The average Bonchev–Trinajstić information content (AvgIpc) is 3.62. The lowest BCUT2D eigenvalue weighted by atomic mass is 9.83. The fourth-order valence-corrected chi connectivity index (χ4v) is 5.10. The van der Waals surface area contributed by atoms with Gasteiger partial charge in [0.1, 0.15) is 11.6 Å². The third-order valence-corrected chi connectivity index (χ3v) is 7.68. The fourth-order valence-electron chi connectivity index (χ4n) is 4.36. The Labute approximate surface area is 240 Å². The van der Waals surface area contributed by atoms with Gasteiger partial charge in [0.15, 0.2) is 5.01 Å². The molecular weight excluding hydrogens is 539 g/mol. The number of aromatic nitrogens is 5. The smallest absolute Gasteiger partial charge is 0.258 e. The van der Waals surface area contributed by atoms with Crippen LogP contribution in [0.4, 0.5) is 10.1 Å². The molecule has 10 heteroatoms. The first-order chi connectivity index (χ1) is 20.0. The Morgan fingerprint density at radius 2 is 1.90 bits per heavy atom. The van der Waals surface area contributed by atoms with Crippen molar-refractivity contribution in [1.82, 2.24) is 25.2 Å². The maximum absolute atomic E-state index is 14.6. The van der Waals surface area contributed by atoms with Crippen LogP contribution in [0, 0.1) is 17.7 Å². The van der Waals surface area contributed by atoms with Crippen molar-refractivity contribution in [2.45, 2.75) is 31.7 Å². The van der Waals surface area contributed by atoms with Crippen molar-refractivity contribution in [3.05, 3.63) is 105 Å². The summed E-state index contributed by atoms with van der Waals surface area (Å²) in [6.45, 7) is 0.464. The molecule has 0 spiro atoms. The Morgan fingerprint density at radius 3 is 2.63 bits per heavy atom. The predicted molar refractivity (Wildman–Crippen MR) is 154 cm³/mol. The SMILES string of the molecule is COc1ccc(Cn2nnc(-c3ccc(NC(=O)c4cc(C#Cc5nc(C6CCC6)cs5)ccc4F)cc3)n2)cc1. The quantitative estimate of drug-likeness (QED) is 0.247. The van der Waals surface area contributed by atoms with Gasteiger partial charge in [-0.15, -0.1) is 21.5 Å². The maximum Gasteiger partial charge on any atom is 0.258 e. The number of rotatable bonds is 7. The molecule has 3 aromatic carbocycles. The van der Waals surface area contributed by atoms with Crippen molar-refractivity contribution < 1.29 is 13.9 Å². The average molecular weight is 565 g/mol. The second kappa shape index (κ2) is 11.7. The van der Waals surface area contributed by atoms with Gasteiger partial charge in [-0.1, -0.05) is 24.5 Å². The monoisotopic (exact) mass is 564 g/mol. The third kappa shape index (κ3) is 6.15. The van der Waals surface area contributed by atoms with Crippen LogP contribution in [0.3, 0.4) is 0 Å². The molecule has 0 unspecified atom stereocenters. The summed E-state index contributed by atoms with van der Waals surface area (Å²) in [6, 6.07) is 18.9. The molecule has 1 saturated carbocycles. The van der Waals surface area contributed by atoms with Gasteiger partial charge in [-0.25, -0.2) is 9.37 Å². The molecule has 5 aromatic rings. The van der Waals surface area contributed by atoms with Crippen molar-refractivity contribution in [3.8, 4) is 29.0 Å². The van der Waals surface area contributed by atoms with Gasteiger partial charge in [0.2, 0.25) is 5.82 Å². The van der Waals surface area contributed by atoms with Gasteiger partial charge in [-0.3, -0.25) is 4.79 Å². The van der Waals surface area contributed by atoms with E-state index in [-0.39, 0.29) is 5.56 Å². The largest absolute Gasteiger partial charge is 0.497 e. The normalized spacial score (nSPS) is 12.7. The number of nitrogens with one attached hydrogen (secondary N) is 1. The first kappa shape index (κ1) is 26.3. The van der Waals surface area contributed by atoms with Crippen LogP contribution in [0.2, 0.25) is 0 Å². The van der Waals surface area contributed by atoms with E-state index < -0.39 is 11.7 Å². The number of nitrogens with zero attached hydrogens (tertiary/aromatic N) is 5. The van der Waals surface area contributed by atoms with E-state index in [9.17, 15) is 9.18 Å². The minimum atomic E-state index is -0.621. The van der Waals surface area contributed by atoms with Gasteiger partial charge in [0, 0.05) is 28.1 Å². The highest BCUT2D eigenvalue weighted by molar-refractivity contribution is 7.10. The number of methoxy groups -OCH3 is 1. The van der Waals surface area contributed by atoms with Gasteiger partial charge in [0.05, 0.1) is 24.9 Å². The molecule has 1 N–H and O–H groups in total. The molecule has 0 saturated heterocycles. The van der Waals surface area contributed by atoms with Crippen LogP contribution < -0.4 is 10.1 Å². The van der Waals surface area contributed by atoms with Gasteiger partial charge < -0.3 is 10.1 Å². The van der Waals surface area contributed by atoms with Crippen LogP contribution in [0.25, 0.3) is 11.4 Å². The van der Waals surface area contributed by atoms with E-state index in [1.165, 1.54) is 47.5 Å². The van der Waals surface area contributed by atoms with Gasteiger partial charge in [-0.05, 0) is 84.1 Å². The van der Waals surface area contributed by atoms with Crippen molar-refractivity contribution >= 4 is 22.9 Å². The second-order valence-corrected chi connectivity index (χ2v) is 10.5. The Balaban J connectivity index is 1.10. The number of amides is 1. The minimum absolute atomic E-state index is 0.0849. The van der Waals surface area contributed by atoms with Crippen LogP contribution in [0.1, 0.15) is 57.4 Å². The van der Waals surface area contributed by atoms with Crippen LogP contribution in [0.5, 0.6) is 5.75 Å². The first-order valence-corrected chi connectivity index (χ1v) is 14.0. The molecule has 41 heavy (non-hydrogen) atoms. The molecule has 8 nitrogen and oxygen atoms in total. The minimum Gasteiger partial charge on any atom is -0.497 e. The zero-order valence-corrected chi connectivity index (χ0v) is 23.0. The van der Waals surface area contributed by atoms with Crippen molar-refractivity contribution in [2.75, 3.05) is 12.4 Å². The van der Waals surface area contributed by atoms with Gasteiger partial charge >= 0.3 is 0 Å². The van der Waals surface area contributed by atoms with E-state index >= 15 is 0 Å². The van der Waals surface area contributed by atoms with Gasteiger partial charge in [-0.2, -0.15) is 4.80 Å². The van der Waals surface area contributed by atoms with Crippen LogP contribution in [-0.2, 0) is 6.54 Å². The number of halogens is 1. The summed E-state index contributed by atoms with van der Waals surface area (Å²) in [7, 11) is 1.62. The number of carbonyl (C=O) groups excluding carboxylic acids is 1. The van der Waals surface area contributed by atoms with Crippen LogP contribution in [0.15, 0.2) is 72.1 Å². The number of ether oxygens (including phenoxy) is 1. The highest BCUT2D eigenvalue weighted by Crippen LogP contribution is 2.36. The van der Waals surface area contributed by atoms with E-state index in [1.807, 2.05) is 24.3 Å². The van der Waals surface area contributed by atoms with Crippen molar-refractivity contribution in [3.63, 3.8) is 0 Å². The zero-order chi connectivity index (χ0) is 28.2. The molecule has 0 radical (unpaired) electrons. The third-order valence-electron chi connectivity index (χ3n) is 6.91. The van der Waals surface area contributed by atoms with Crippen molar-refractivity contribution in [1.29, 1.82) is 0 Å². The highest BCUT2D eigenvalue weighted by atomic mass is 32.1. The Morgan fingerprint density at radius 1 is 1.10 bits per heavy atom. The van der Waals surface area contributed by atoms with E-state index in [2.05, 4.69) is 42.9 Å². The molecule has 2 aromatic heterocycles. The van der Waals surface area contributed by atoms with E-state index in [4.69, 9.17) is 4.74 Å². The molecule has 6 rings (SSSR count). The Hall–Kier alpha value is -4.88. The number of thiazole rings is 1. The summed E-state index contributed by atoms with van der Waals surface area (Å²) >= 11 is 1.51. The molecule has 0 aliphatic heterocycles. The predicted octanol–water partition coefficient (Wildman–Crippen LogP) is 5.91. The second-order valence-electron chi connectivity index (χ2n) is 9.67. The summed E-state index contributed by atoms with van der Waals surface area (Å²) in [4.78, 5) is 19.0. The summed E-state index contributed by atoms with van der Waals surface area (Å²) in [5.41, 5.74) is 3.80. The fraction of sp³-hybridized carbons (Fsp3) is 0.194. The molecule has 1 amide bonds.